The van der Waals surface area contributed by atoms with Crippen molar-refractivity contribution in [3.05, 3.63) is 81.1 Å². The Hall–Kier alpha value is -3.92. The highest BCUT2D eigenvalue weighted by Crippen LogP contribution is 2.55. The average molecular weight is 510 g/mol. The summed E-state index contributed by atoms with van der Waals surface area (Å²) in [5.74, 6) is -8.68. The third-order valence-corrected chi connectivity index (χ3v) is 7.31. The SMILES string of the molecule is NC(=O)C1=C(O)[C@@]2(O)C(=O)C3=C(O)c4c(O)cccc4/C(=C\c4cccc(Cl)c4)[C@H]3[C@H](O)[C@H]2CC1=O. The molecule has 3 aliphatic carbocycles. The second-order valence-electron chi connectivity index (χ2n) is 9.00. The Kier molecular flexibility index (Phi) is 5.33. The molecule has 184 valence electrons. The molecule has 1 fully saturated rings. The molecule has 0 spiro atoms. The van der Waals surface area contributed by atoms with Gasteiger partial charge in [0, 0.05) is 23.3 Å². The monoisotopic (exact) mass is 509 g/mol. The summed E-state index contributed by atoms with van der Waals surface area (Å²) >= 11 is 6.12. The van der Waals surface area contributed by atoms with Crippen LogP contribution in [0, 0.1) is 11.8 Å². The van der Waals surface area contributed by atoms with Crippen molar-refractivity contribution in [3.8, 4) is 5.75 Å². The van der Waals surface area contributed by atoms with Crippen LogP contribution >= 0.6 is 11.6 Å². The normalized spacial score (nSPS) is 28.6. The van der Waals surface area contributed by atoms with Crippen LogP contribution in [0.15, 0.2) is 59.4 Å². The van der Waals surface area contributed by atoms with Gasteiger partial charge in [-0.1, -0.05) is 41.9 Å². The summed E-state index contributed by atoms with van der Waals surface area (Å²) in [7, 11) is 0. The second kappa shape index (κ2) is 8.06. The van der Waals surface area contributed by atoms with Crippen molar-refractivity contribution >= 4 is 46.5 Å². The molecule has 4 atom stereocenters. The van der Waals surface area contributed by atoms with Gasteiger partial charge in [-0.25, -0.2) is 0 Å². The third-order valence-electron chi connectivity index (χ3n) is 7.07. The van der Waals surface area contributed by atoms with E-state index in [1.165, 1.54) is 12.1 Å². The molecule has 0 unspecified atom stereocenters. The van der Waals surface area contributed by atoms with Gasteiger partial charge in [-0.15, -0.1) is 0 Å². The Balaban J connectivity index is 1.82. The predicted octanol–water partition coefficient (Wildman–Crippen LogP) is 2.05. The lowest BCUT2D eigenvalue weighted by atomic mass is 9.56. The minimum atomic E-state index is -2.90. The lowest BCUT2D eigenvalue weighted by Gasteiger charge is -2.49. The lowest BCUT2D eigenvalue weighted by molar-refractivity contribution is -0.157. The summed E-state index contributed by atoms with van der Waals surface area (Å²) in [5.41, 5.74) is 1.92. The minimum absolute atomic E-state index is 0.120. The van der Waals surface area contributed by atoms with Gasteiger partial charge in [0.15, 0.2) is 11.4 Å². The van der Waals surface area contributed by atoms with E-state index in [1.54, 1.807) is 36.4 Å². The number of ketones is 2. The zero-order chi connectivity index (χ0) is 26.1. The van der Waals surface area contributed by atoms with Crippen molar-refractivity contribution in [2.45, 2.75) is 18.1 Å². The van der Waals surface area contributed by atoms with Crippen molar-refractivity contribution in [2.75, 3.05) is 0 Å². The summed E-state index contributed by atoms with van der Waals surface area (Å²) in [6.45, 7) is 0. The molecule has 5 rings (SSSR count). The molecule has 3 aliphatic rings. The topological polar surface area (TPSA) is 178 Å². The first-order valence-corrected chi connectivity index (χ1v) is 11.3. The van der Waals surface area contributed by atoms with Crippen LogP contribution in [0.5, 0.6) is 5.75 Å². The number of hydrogen-bond donors (Lipinski definition) is 6. The number of hydrogen-bond acceptors (Lipinski definition) is 8. The van der Waals surface area contributed by atoms with Gasteiger partial charge in [0.25, 0.3) is 5.91 Å². The van der Waals surface area contributed by atoms with E-state index in [9.17, 15) is 39.9 Å². The number of halogens is 1. The Morgan fingerprint density at radius 2 is 1.81 bits per heavy atom. The van der Waals surface area contributed by atoms with E-state index in [0.717, 1.165) is 0 Å². The van der Waals surface area contributed by atoms with Crippen LogP contribution in [0.1, 0.15) is 23.1 Å². The van der Waals surface area contributed by atoms with E-state index in [-0.39, 0.29) is 11.3 Å². The number of phenolic OH excluding ortho intramolecular Hbond substituents is 1. The zero-order valence-corrected chi connectivity index (χ0v) is 19.2. The van der Waals surface area contributed by atoms with Gasteiger partial charge in [-0.2, -0.15) is 0 Å². The molecule has 0 saturated heterocycles. The molecule has 7 N–H and O–H groups in total. The Morgan fingerprint density at radius 3 is 2.47 bits per heavy atom. The molecular formula is C26H20ClNO8. The number of benzene rings is 2. The molecule has 0 radical (unpaired) electrons. The zero-order valence-electron chi connectivity index (χ0n) is 18.5. The molecule has 36 heavy (non-hydrogen) atoms. The molecule has 0 aromatic heterocycles. The van der Waals surface area contributed by atoms with Crippen molar-refractivity contribution < 1.29 is 39.9 Å². The fourth-order valence-corrected chi connectivity index (χ4v) is 5.66. The van der Waals surface area contributed by atoms with Gasteiger partial charge in [0.2, 0.25) is 5.78 Å². The minimum Gasteiger partial charge on any atom is -0.508 e. The summed E-state index contributed by atoms with van der Waals surface area (Å²) in [6.07, 6.45) is -0.725. The van der Waals surface area contributed by atoms with Crippen molar-refractivity contribution in [2.24, 2.45) is 17.6 Å². The number of amides is 1. The van der Waals surface area contributed by atoms with E-state index in [0.29, 0.717) is 21.7 Å². The van der Waals surface area contributed by atoms with Crippen molar-refractivity contribution in [3.63, 3.8) is 0 Å². The fourth-order valence-electron chi connectivity index (χ4n) is 5.46. The molecular weight excluding hydrogens is 490 g/mol. The van der Waals surface area contributed by atoms with Crippen molar-refractivity contribution in [1.29, 1.82) is 0 Å². The number of Topliss-reactive ketones (excluding diaryl/α,β-unsaturated/α-hetero) is 2. The van der Waals surface area contributed by atoms with E-state index in [2.05, 4.69) is 0 Å². The van der Waals surface area contributed by atoms with Crippen LogP contribution in [-0.2, 0) is 14.4 Å². The number of phenols is 1. The number of fused-ring (bicyclic) bond motifs is 3. The maximum absolute atomic E-state index is 13.8. The summed E-state index contributed by atoms with van der Waals surface area (Å²) < 4.78 is 0. The van der Waals surface area contributed by atoms with Gasteiger partial charge in [-0.05, 0) is 34.9 Å². The molecule has 0 aliphatic heterocycles. The van der Waals surface area contributed by atoms with Gasteiger partial charge in [0.05, 0.1) is 17.2 Å². The number of nitrogens with two attached hydrogens (primary N) is 1. The quantitative estimate of drug-likeness (QED) is 0.333. The fraction of sp³-hybridized carbons (Fsp3) is 0.192. The van der Waals surface area contributed by atoms with Crippen LogP contribution in [0.25, 0.3) is 17.4 Å². The van der Waals surface area contributed by atoms with Crippen molar-refractivity contribution in [1.82, 2.24) is 0 Å². The van der Waals surface area contributed by atoms with Gasteiger partial charge < -0.3 is 31.3 Å². The summed E-state index contributed by atoms with van der Waals surface area (Å²) in [5, 5.41) is 55.7. The molecule has 1 saturated carbocycles. The van der Waals surface area contributed by atoms with Crippen LogP contribution in [-0.4, -0.2) is 54.7 Å². The number of carbonyl (C=O) groups is 3. The number of carbonyl (C=O) groups excluding carboxylic acids is 3. The molecule has 1 amide bonds. The number of aliphatic hydroxyl groups is 4. The molecule has 2 aromatic carbocycles. The Labute approximate surface area is 209 Å². The van der Waals surface area contributed by atoms with Gasteiger partial charge in [0.1, 0.15) is 22.8 Å². The first kappa shape index (κ1) is 23.8. The van der Waals surface area contributed by atoms with E-state index >= 15 is 0 Å². The van der Waals surface area contributed by atoms with Crippen LogP contribution in [0.2, 0.25) is 5.02 Å². The number of primary amides is 1. The van der Waals surface area contributed by atoms with Gasteiger partial charge in [-0.3, -0.25) is 14.4 Å². The molecule has 2 aromatic rings. The van der Waals surface area contributed by atoms with E-state index in [1.807, 2.05) is 0 Å². The predicted molar refractivity (Wildman–Crippen MR) is 128 cm³/mol. The maximum atomic E-state index is 13.8. The third kappa shape index (κ3) is 3.13. The van der Waals surface area contributed by atoms with E-state index in [4.69, 9.17) is 17.3 Å². The summed E-state index contributed by atoms with van der Waals surface area (Å²) in [4.78, 5) is 38.2. The van der Waals surface area contributed by atoms with Crippen LogP contribution in [0.4, 0.5) is 0 Å². The number of rotatable bonds is 2. The molecule has 0 heterocycles. The Morgan fingerprint density at radius 1 is 1.11 bits per heavy atom. The maximum Gasteiger partial charge on any atom is 0.255 e. The largest absolute Gasteiger partial charge is 0.508 e. The van der Waals surface area contributed by atoms with Gasteiger partial charge >= 0.3 is 0 Å². The highest BCUT2D eigenvalue weighted by atomic mass is 35.5. The Bertz CT molecular complexity index is 1470. The van der Waals surface area contributed by atoms with Crippen LogP contribution < -0.4 is 5.73 Å². The number of aromatic hydroxyl groups is 1. The van der Waals surface area contributed by atoms with E-state index < -0.39 is 70.1 Å². The first-order chi connectivity index (χ1) is 17.0. The smallest absolute Gasteiger partial charge is 0.255 e. The second-order valence-corrected chi connectivity index (χ2v) is 9.44. The molecule has 9 nitrogen and oxygen atoms in total. The molecule has 10 heteroatoms. The van der Waals surface area contributed by atoms with Crippen LogP contribution in [0.3, 0.4) is 0 Å². The first-order valence-electron chi connectivity index (χ1n) is 10.9. The number of aliphatic hydroxyl groups excluding tert-OH is 3. The average Bonchev–Trinajstić information content (AvgIpc) is 2.81. The highest BCUT2D eigenvalue weighted by molar-refractivity contribution is 6.30. The lowest BCUT2D eigenvalue weighted by Crippen LogP contribution is -2.63. The summed E-state index contributed by atoms with van der Waals surface area (Å²) in [6, 6.07) is 11.1. The highest BCUT2D eigenvalue weighted by Gasteiger charge is 2.64. The molecule has 0 bridgehead atoms. The standard InChI is InChI=1S/C26H20ClNO8/c27-11-4-1-3-10(7-11)8-13-12-5-2-6-15(29)17(12)22(32)20-18(13)21(31)14-9-16(30)19(25(28)35)23(33)26(14,36)24(20)34/h1-8,14,18,21,29,31-33,36H,9H2,(H2,28,35)/b13-8+/t14-,18-,21-,26-/m1/s1.